The summed E-state index contributed by atoms with van der Waals surface area (Å²) in [6.07, 6.45) is 1.19. The lowest BCUT2D eigenvalue weighted by atomic mass is 9.94. The van der Waals surface area contributed by atoms with Crippen LogP contribution in [-0.2, 0) is 24.1 Å². The summed E-state index contributed by atoms with van der Waals surface area (Å²) in [5.74, 6) is 0.591. The molecule has 1 aromatic rings. The lowest BCUT2D eigenvalue weighted by Crippen LogP contribution is -2.22. The quantitative estimate of drug-likeness (QED) is 0.787. The molecule has 0 bridgehead atoms. The minimum absolute atomic E-state index is 0.113. The fourth-order valence-corrected chi connectivity index (χ4v) is 4.38. The van der Waals surface area contributed by atoms with Crippen LogP contribution in [0.2, 0.25) is 0 Å². The molecule has 0 unspecified atom stereocenters. The van der Waals surface area contributed by atoms with E-state index in [0.29, 0.717) is 12.8 Å². The summed E-state index contributed by atoms with van der Waals surface area (Å²) in [7, 11) is -5.41. The maximum atomic E-state index is 11.5. The Morgan fingerprint density at radius 2 is 1.63 bits per heavy atom. The van der Waals surface area contributed by atoms with E-state index in [1.54, 1.807) is 12.1 Å². The molecule has 0 N–H and O–H groups in total. The average Bonchev–Trinajstić information content (AvgIpc) is 2.39. The van der Waals surface area contributed by atoms with Crippen LogP contribution in [0.25, 0.3) is 0 Å². The van der Waals surface area contributed by atoms with Crippen molar-refractivity contribution in [3.05, 3.63) is 29.8 Å². The minimum Gasteiger partial charge on any atom is -0.270 e. The maximum Gasteiger partial charge on any atom is 0.296 e. The van der Waals surface area contributed by atoms with E-state index in [2.05, 4.69) is 4.18 Å². The van der Waals surface area contributed by atoms with Crippen molar-refractivity contribution in [2.24, 2.45) is 0 Å². The molecule has 19 heavy (non-hydrogen) atoms. The molecule has 1 heterocycles. The van der Waals surface area contributed by atoms with Crippen molar-refractivity contribution in [2.75, 3.05) is 18.6 Å². The van der Waals surface area contributed by atoms with Gasteiger partial charge in [-0.15, -0.1) is 0 Å². The number of hydrogen-bond donors (Lipinski definition) is 0. The van der Waals surface area contributed by atoms with Gasteiger partial charge in [0.25, 0.3) is 10.1 Å². The molecule has 0 atom stereocenters. The van der Waals surface area contributed by atoms with Gasteiger partial charge in [-0.3, -0.25) is 4.18 Å². The highest BCUT2D eigenvalue weighted by atomic mass is 32.2. The first-order chi connectivity index (χ1) is 8.84. The van der Waals surface area contributed by atoms with Crippen LogP contribution in [0, 0.1) is 0 Å². The van der Waals surface area contributed by atoms with Crippen molar-refractivity contribution in [3.8, 4) is 0 Å². The first-order valence-electron chi connectivity index (χ1n) is 5.95. The van der Waals surface area contributed by atoms with Gasteiger partial charge in [0.1, 0.15) is 9.84 Å². The van der Waals surface area contributed by atoms with E-state index in [1.807, 2.05) is 0 Å². The molecule has 7 heteroatoms. The van der Waals surface area contributed by atoms with Crippen LogP contribution in [0.5, 0.6) is 0 Å². The van der Waals surface area contributed by atoms with Crippen LogP contribution in [-0.4, -0.2) is 35.5 Å². The minimum atomic E-state index is -3.66. The first-order valence-corrected chi connectivity index (χ1v) is 9.18. The highest BCUT2D eigenvalue weighted by molar-refractivity contribution is 7.91. The van der Waals surface area contributed by atoms with Crippen molar-refractivity contribution in [3.63, 3.8) is 0 Å². The fourth-order valence-electron chi connectivity index (χ4n) is 2.23. The van der Waals surface area contributed by atoms with Crippen LogP contribution >= 0.6 is 0 Å². The van der Waals surface area contributed by atoms with Gasteiger partial charge in [-0.1, -0.05) is 12.1 Å². The van der Waals surface area contributed by atoms with Crippen molar-refractivity contribution >= 4 is 20.0 Å². The third kappa shape index (κ3) is 3.34. The normalized spacial score (nSPS) is 20.3. The molecule has 2 rings (SSSR count). The molecule has 0 spiro atoms. The van der Waals surface area contributed by atoms with Crippen molar-refractivity contribution in [2.45, 2.75) is 23.7 Å². The molecular weight excluding hydrogens is 288 g/mol. The maximum absolute atomic E-state index is 11.5. The Kier molecular flexibility index (Phi) is 3.98. The number of sulfone groups is 1. The van der Waals surface area contributed by atoms with E-state index in [1.165, 1.54) is 12.1 Å². The Bertz CT molecular complexity index is 630. The Morgan fingerprint density at radius 3 is 2.11 bits per heavy atom. The lowest BCUT2D eigenvalue weighted by Gasteiger charge is -2.22. The first kappa shape index (κ1) is 14.5. The van der Waals surface area contributed by atoms with Crippen LogP contribution in [0.15, 0.2) is 29.2 Å². The van der Waals surface area contributed by atoms with Crippen LogP contribution in [0.1, 0.15) is 24.3 Å². The van der Waals surface area contributed by atoms with E-state index in [0.717, 1.165) is 12.7 Å². The Balaban J connectivity index is 2.16. The Hall–Kier alpha value is -0.920. The van der Waals surface area contributed by atoms with E-state index in [9.17, 15) is 16.8 Å². The average molecular weight is 304 g/mol. The molecule has 1 fully saturated rings. The number of rotatable bonds is 3. The molecule has 1 aliphatic rings. The third-order valence-corrected chi connectivity index (χ3v) is 6.42. The van der Waals surface area contributed by atoms with Gasteiger partial charge in [0, 0.05) is 0 Å². The fraction of sp³-hybridized carbons (Fsp3) is 0.500. The van der Waals surface area contributed by atoms with E-state index in [4.69, 9.17) is 0 Å². The topological polar surface area (TPSA) is 77.5 Å². The van der Waals surface area contributed by atoms with Gasteiger partial charge in [0.15, 0.2) is 0 Å². The predicted octanol–water partition coefficient (Wildman–Crippen LogP) is 1.31. The van der Waals surface area contributed by atoms with E-state index >= 15 is 0 Å². The predicted molar refractivity (Wildman–Crippen MR) is 71.3 cm³/mol. The van der Waals surface area contributed by atoms with Gasteiger partial charge in [-0.05, 0) is 36.5 Å². The second-order valence-corrected chi connectivity index (χ2v) is 8.63. The van der Waals surface area contributed by atoms with E-state index in [-0.39, 0.29) is 22.3 Å². The molecule has 1 aliphatic heterocycles. The zero-order chi connectivity index (χ0) is 14.1. The summed E-state index contributed by atoms with van der Waals surface area (Å²) >= 11 is 0. The SMILES string of the molecule is COS(=O)(=O)c1ccc(C2CCS(=O)(=O)CC2)cc1. The highest BCUT2D eigenvalue weighted by Gasteiger charge is 2.25. The summed E-state index contributed by atoms with van der Waals surface area (Å²) < 4.78 is 50.1. The number of hydrogen-bond acceptors (Lipinski definition) is 5. The molecule has 1 aromatic carbocycles. The summed E-state index contributed by atoms with van der Waals surface area (Å²) in [5.41, 5.74) is 0.977. The molecule has 0 saturated carbocycles. The van der Waals surface area contributed by atoms with Gasteiger partial charge >= 0.3 is 0 Å². The van der Waals surface area contributed by atoms with E-state index < -0.39 is 20.0 Å². The second kappa shape index (κ2) is 5.22. The summed E-state index contributed by atoms with van der Waals surface area (Å²) in [4.78, 5) is 0.113. The zero-order valence-electron chi connectivity index (χ0n) is 10.6. The van der Waals surface area contributed by atoms with Gasteiger partial charge in [0.2, 0.25) is 0 Å². The molecule has 0 aromatic heterocycles. The molecule has 0 radical (unpaired) electrons. The molecule has 0 aliphatic carbocycles. The summed E-state index contributed by atoms with van der Waals surface area (Å²) in [5, 5.41) is 0. The largest absolute Gasteiger partial charge is 0.296 e. The monoisotopic (exact) mass is 304 g/mol. The highest BCUT2D eigenvalue weighted by Crippen LogP contribution is 2.29. The summed E-state index contributed by atoms with van der Waals surface area (Å²) in [6, 6.07) is 6.46. The molecular formula is C12H16O5S2. The second-order valence-electron chi connectivity index (χ2n) is 4.62. The smallest absolute Gasteiger partial charge is 0.270 e. The molecule has 5 nitrogen and oxygen atoms in total. The molecule has 0 amide bonds. The van der Waals surface area contributed by atoms with Crippen molar-refractivity contribution in [1.29, 1.82) is 0 Å². The van der Waals surface area contributed by atoms with Crippen molar-refractivity contribution in [1.82, 2.24) is 0 Å². The lowest BCUT2D eigenvalue weighted by molar-refractivity contribution is 0.397. The van der Waals surface area contributed by atoms with Crippen LogP contribution in [0.3, 0.4) is 0 Å². The Labute approximate surface area is 113 Å². The third-order valence-electron chi connectivity index (χ3n) is 3.41. The number of benzene rings is 1. The van der Waals surface area contributed by atoms with Crippen LogP contribution < -0.4 is 0 Å². The molecule has 106 valence electrons. The molecule has 1 saturated heterocycles. The van der Waals surface area contributed by atoms with Crippen molar-refractivity contribution < 1.29 is 21.0 Å². The zero-order valence-corrected chi connectivity index (χ0v) is 12.2. The van der Waals surface area contributed by atoms with Gasteiger partial charge in [0.05, 0.1) is 23.5 Å². The van der Waals surface area contributed by atoms with Gasteiger partial charge in [-0.25, -0.2) is 8.42 Å². The summed E-state index contributed by atoms with van der Waals surface area (Å²) in [6.45, 7) is 0. The standard InChI is InChI=1S/C12H16O5S2/c1-17-19(15,16)12-4-2-10(3-5-12)11-6-8-18(13,14)9-7-11/h2-5,11H,6-9H2,1H3. The van der Waals surface area contributed by atoms with Gasteiger partial charge < -0.3 is 0 Å². The Morgan fingerprint density at radius 1 is 1.11 bits per heavy atom. The van der Waals surface area contributed by atoms with Gasteiger partial charge in [-0.2, -0.15) is 8.42 Å². The van der Waals surface area contributed by atoms with Crippen LogP contribution in [0.4, 0.5) is 0 Å².